The lowest BCUT2D eigenvalue weighted by Crippen LogP contribution is -2.49. The third-order valence-corrected chi connectivity index (χ3v) is 7.13. The molecule has 4 heterocycles. The van der Waals surface area contributed by atoms with E-state index in [9.17, 15) is 4.79 Å². The molecule has 7 nitrogen and oxygen atoms in total. The Morgan fingerprint density at radius 2 is 1.90 bits per heavy atom. The van der Waals surface area contributed by atoms with Gasteiger partial charge in [0, 0.05) is 64.0 Å². The number of carbonyl (C=O) groups excluding carboxylic acids is 1. The largest absolute Gasteiger partial charge is 0.356 e. The van der Waals surface area contributed by atoms with Crippen molar-refractivity contribution in [1.29, 1.82) is 0 Å². The summed E-state index contributed by atoms with van der Waals surface area (Å²) in [5.41, 5.74) is 0. The van der Waals surface area contributed by atoms with Crippen LogP contribution in [0.2, 0.25) is 0 Å². The van der Waals surface area contributed by atoms with Gasteiger partial charge in [-0.2, -0.15) is 4.98 Å². The van der Waals surface area contributed by atoms with E-state index in [0.29, 0.717) is 24.4 Å². The highest BCUT2D eigenvalue weighted by Gasteiger charge is 2.32. The van der Waals surface area contributed by atoms with Crippen LogP contribution >= 0.6 is 0 Å². The first kappa shape index (κ1) is 22.3. The number of likely N-dealkylation sites (tertiary alicyclic amines) is 2. The quantitative estimate of drug-likeness (QED) is 0.717. The molecule has 0 aromatic carbocycles. The van der Waals surface area contributed by atoms with Crippen LogP contribution in [0.5, 0.6) is 0 Å². The third-order valence-electron chi connectivity index (χ3n) is 7.13. The van der Waals surface area contributed by atoms with Gasteiger partial charge in [0.15, 0.2) is 0 Å². The van der Waals surface area contributed by atoms with E-state index in [1.807, 2.05) is 12.3 Å². The number of hydrogen-bond acceptors (Lipinski definition) is 6. The molecule has 172 valence electrons. The lowest BCUT2D eigenvalue weighted by molar-refractivity contribution is -0.133. The Bertz CT molecular complexity index is 705. The van der Waals surface area contributed by atoms with E-state index in [2.05, 4.69) is 31.9 Å². The summed E-state index contributed by atoms with van der Waals surface area (Å²) in [4.78, 5) is 28.9. The van der Waals surface area contributed by atoms with Crippen molar-refractivity contribution in [3.05, 3.63) is 12.3 Å². The molecule has 0 radical (unpaired) electrons. The van der Waals surface area contributed by atoms with Gasteiger partial charge in [0.25, 0.3) is 0 Å². The average molecular weight is 429 g/mol. The fourth-order valence-corrected chi connectivity index (χ4v) is 5.28. The molecule has 0 spiro atoms. The number of aromatic nitrogens is 2. The standard InChI is InChI=1S/C24H40N6O/c1-2-3-10-23(31)30-16-8-9-21(19-30)29-17-12-20(18-29)26-24-25-13-11-22(27-24)28-14-6-4-5-7-15-28/h11,13,20-21H,2-10,12,14-19H2,1H3,(H,25,26,27). The van der Waals surface area contributed by atoms with Gasteiger partial charge in [-0.05, 0) is 44.6 Å². The molecular formula is C24H40N6O. The summed E-state index contributed by atoms with van der Waals surface area (Å²) in [7, 11) is 0. The molecule has 0 saturated carbocycles. The maximum atomic E-state index is 12.5. The summed E-state index contributed by atoms with van der Waals surface area (Å²) in [5, 5.41) is 3.60. The molecule has 1 N–H and O–H groups in total. The molecular weight excluding hydrogens is 388 g/mol. The van der Waals surface area contributed by atoms with Crippen LogP contribution in [0.4, 0.5) is 11.8 Å². The molecule has 3 fully saturated rings. The van der Waals surface area contributed by atoms with Crippen LogP contribution in [0.15, 0.2) is 12.3 Å². The molecule has 3 aliphatic heterocycles. The van der Waals surface area contributed by atoms with Crippen LogP contribution in [0, 0.1) is 0 Å². The summed E-state index contributed by atoms with van der Waals surface area (Å²) in [6.07, 6.45) is 13.3. The zero-order valence-electron chi connectivity index (χ0n) is 19.3. The number of carbonyl (C=O) groups is 1. The number of rotatable bonds is 7. The predicted octanol–water partition coefficient (Wildman–Crippen LogP) is 3.52. The van der Waals surface area contributed by atoms with Crippen LogP contribution < -0.4 is 10.2 Å². The van der Waals surface area contributed by atoms with E-state index >= 15 is 0 Å². The van der Waals surface area contributed by atoms with Gasteiger partial charge in [-0.3, -0.25) is 9.69 Å². The van der Waals surface area contributed by atoms with Crippen molar-refractivity contribution in [2.45, 2.75) is 83.2 Å². The summed E-state index contributed by atoms with van der Waals surface area (Å²) < 4.78 is 0. The molecule has 2 unspecified atom stereocenters. The highest BCUT2D eigenvalue weighted by molar-refractivity contribution is 5.76. The van der Waals surface area contributed by atoms with Crippen molar-refractivity contribution in [3.63, 3.8) is 0 Å². The molecule has 3 saturated heterocycles. The predicted molar refractivity (Wildman–Crippen MR) is 125 cm³/mol. The lowest BCUT2D eigenvalue weighted by atomic mass is 10.0. The number of nitrogens with one attached hydrogen (secondary N) is 1. The number of nitrogens with zero attached hydrogens (tertiary/aromatic N) is 5. The second kappa shape index (κ2) is 11.1. The van der Waals surface area contributed by atoms with Crippen LogP contribution in [0.25, 0.3) is 0 Å². The molecule has 31 heavy (non-hydrogen) atoms. The number of hydrogen-bond donors (Lipinski definition) is 1. The zero-order valence-corrected chi connectivity index (χ0v) is 19.3. The molecule has 7 heteroatoms. The first-order valence-corrected chi connectivity index (χ1v) is 12.6. The normalized spacial score (nSPS) is 25.5. The van der Waals surface area contributed by atoms with Gasteiger partial charge in [0.1, 0.15) is 5.82 Å². The summed E-state index contributed by atoms with van der Waals surface area (Å²) >= 11 is 0. The van der Waals surface area contributed by atoms with Crippen molar-refractivity contribution >= 4 is 17.7 Å². The van der Waals surface area contributed by atoms with Gasteiger partial charge in [-0.25, -0.2) is 4.98 Å². The Balaban J connectivity index is 1.29. The Labute approximate surface area is 187 Å². The molecule has 4 rings (SSSR count). The van der Waals surface area contributed by atoms with Crippen LogP contribution in [-0.4, -0.2) is 77.0 Å². The number of unbranched alkanes of at least 4 members (excludes halogenated alkanes) is 1. The smallest absolute Gasteiger partial charge is 0.224 e. The van der Waals surface area contributed by atoms with E-state index in [1.165, 1.54) is 32.1 Å². The zero-order chi connectivity index (χ0) is 21.5. The van der Waals surface area contributed by atoms with Crippen molar-refractivity contribution in [3.8, 4) is 0 Å². The lowest BCUT2D eigenvalue weighted by Gasteiger charge is -2.37. The second-order valence-corrected chi connectivity index (χ2v) is 9.50. The third kappa shape index (κ3) is 6.09. The van der Waals surface area contributed by atoms with Gasteiger partial charge >= 0.3 is 0 Å². The Hall–Kier alpha value is -1.89. The topological polar surface area (TPSA) is 64.6 Å². The summed E-state index contributed by atoms with van der Waals surface area (Å²) in [6, 6.07) is 2.92. The number of piperidine rings is 1. The van der Waals surface area contributed by atoms with Crippen LogP contribution in [-0.2, 0) is 4.79 Å². The van der Waals surface area contributed by atoms with Crippen molar-refractivity contribution in [1.82, 2.24) is 19.8 Å². The maximum Gasteiger partial charge on any atom is 0.224 e. The van der Waals surface area contributed by atoms with Crippen LogP contribution in [0.1, 0.15) is 71.1 Å². The van der Waals surface area contributed by atoms with Gasteiger partial charge in [0.05, 0.1) is 0 Å². The van der Waals surface area contributed by atoms with Crippen LogP contribution in [0.3, 0.4) is 0 Å². The van der Waals surface area contributed by atoms with E-state index in [0.717, 1.165) is 76.7 Å². The van der Waals surface area contributed by atoms with Gasteiger partial charge in [-0.15, -0.1) is 0 Å². The molecule has 1 aromatic heterocycles. The van der Waals surface area contributed by atoms with Gasteiger partial charge in [-0.1, -0.05) is 26.2 Å². The van der Waals surface area contributed by atoms with Crippen molar-refractivity contribution < 1.29 is 4.79 Å². The Kier molecular flexibility index (Phi) is 8.00. The Morgan fingerprint density at radius 1 is 1.06 bits per heavy atom. The van der Waals surface area contributed by atoms with E-state index in [-0.39, 0.29) is 0 Å². The van der Waals surface area contributed by atoms with Gasteiger partial charge < -0.3 is 15.1 Å². The van der Waals surface area contributed by atoms with E-state index in [1.54, 1.807) is 0 Å². The number of anilines is 2. The highest BCUT2D eigenvalue weighted by atomic mass is 16.2. The SMILES string of the molecule is CCCCC(=O)N1CCCC(N2CCC(Nc3nccc(N4CCCCCC4)n3)C2)C1. The minimum Gasteiger partial charge on any atom is -0.356 e. The van der Waals surface area contributed by atoms with Crippen molar-refractivity contribution in [2.24, 2.45) is 0 Å². The minimum atomic E-state index is 0.346. The number of amides is 1. The summed E-state index contributed by atoms with van der Waals surface area (Å²) in [6.45, 7) is 8.29. The average Bonchev–Trinajstić information content (AvgIpc) is 3.09. The molecule has 0 bridgehead atoms. The first-order valence-electron chi connectivity index (χ1n) is 12.6. The molecule has 0 aliphatic carbocycles. The van der Waals surface area contributed by atoms with E-state index in [4.69, 9.17) is 4.98 Å². The molecule has 1 amide bonds. The van der Waals surface area contributed by atoms with Crippen molar-refractivity contribution in [2.75, 3.05) is 49.5 Å². The van der Waals surface area contributed by atoms with E-state index < -0.39 is 0 Å². The summed E-state index contributed by atoms with van der Waals surface area (Å²) in [5.74, 6) is 2.16. The molecule has 3 aliphatic rings. The molecule has 1 aromatic rings. The maximum absolute atomic E-state index is 12.5. The highest BCUT2D eigenvalue weighted by Crippen LogP contribution is 2.24. The Morgan fingerprint density at radius 3 is 2.71 bits per heavy atom. The second-order valence-electron chi connectivity index (χ2n) is 9.50. The molecule has 2 atom stereocenters. The fraction of sp³-hybridized carbons (Fsp3) is 0.792. The minimum absolute atomic E-state index is 0.346. The van der Waals surface area contributed by atoms with Gasteiger partial charge in [0.2, 0.25) is 11.9 Å². The fourth-order valence-electron chi connectivity index (χ4n) is 5.28. The first-order chi connectivity index (χ1) is 15.2. The monoisotopic (exact) mass is 428 g/mol.